The minimum absolute atomic E-state index is 0.0941. The van der Waals surface area contributed by atoms with Gasteiger partial charge in [-0.25, -0.2) is 0 Å². The van der Waals surface area contributed by atoms with E-state index in [1.54, 1.807) is 12.1 Å². The van der Waals surface area contributed by atoms with E-state index in [1.807, 2.05) is 4.90 Å². The smallest absolute Gasteiger partial charge is 0.289 e. The van der Waals surface area contributed by atoms with Gasteiger partial charge in [0.1, 0.15) is 0 Å². The summed E-state index contributed by atoms with van der Waals surface area (Å²) in [5.74, 6) is 1.62. The van der Waals surface area contributed by atoms with Crippen molar-refractivity contribution in [3.05, 3.63) is 17.9 Å². The number of nitrogens with one attached hydrogen (secondary N) is 2. The highest BCUT2D eigenvalue weighted by Gasteiger charge is 2.38. The van der Waals surface area contributed by atoms with Crippen molar-refractivity contribution >= 4 is 18.2 Å². The Hall–Kier alpha value is -1.82. The topological polar surface area (TPSA) is 74.6 Å². The Morgan fingerprint density at radius 1 is 1.39 bits per heavy atom. The second-order valence-electron chi connectivity index (χ2n) is 4.81. The molecule has 2 fully saturated rings. The van der Waals surface area contributed by atoms with E-state index in [2.05, 4.69) is 10.6 Å². The van der Waals surface area contributed by atoms with Crippen LogP contribution in [-0.2, 0) is 4.79 Å². The van der Waals surface area contributed by atoms with Gasteiger partial charge in [-0.05, 0) is 17.9 Å². The number of amides is 2. The van der Waals surface area contributed by atoms with E-state index in [1.165, 1.54) is 0 Å². The maximum Gasteiger partial charge on any atom is 0.289 e. The van der Waals surface area contributed by atoms with Crippen LogP contribution in [0.3, 0.4) is 0 Å². The first-order chi connectivity index (χ1) is 8.78. The molecule has 0 aliphatic carbocycles. The van der Waals surface area contributed by atoms with Gasteiger partial charge >= 0.3 is 0 Å². The molecule has 6 nitrogen and oxygen atoms in total. The van der Waals surface area contributed by atoms with E-state index in [9.17, 15) is 9.59 Å². The zero-order valence-corrected chi connectivity index (χ0v) is 9.89. The quantitative estimate of drug-likeness (QED) is 0.747. The molecule has 1 aromatic rings. The lowest BCUT2D eigenvalue weighted by atomic mass is 10.0. The Morgan fingerprint density at radius 2 is 2.11 bits per heavy atom. The second kappa shape index (κ2) is 4.45. The maximum absolute atomic E-state index is 12.2. The molecule has 3 heterocycles. The summed E-state index contributed by atoms with van der Waals surface area (Å²) in [4.78, 5) is 24.3. The highest BCUT2D eigenvalue weighted by Crippen LogP contribution is 2.28. The third kappa shape index (κ3) is 1.88. The van der Waals surface area contributed by atoms with Crippen LogP contribution >= 0.6 is 0 Å². The predicted molar refractivity (Wildman–Crippen MR) is 64.1 cm³/mol. The Morgan fingerprint density at radius 3 is 2.78 bits per heavy atom. The van der Waals surface area contributed by atoms with E-state index >= 15 is 0 Å². The molecule has 0 radical (unpaired) electrons. The van der Waals surface area contributed by atoms with Crippen molar-refractivity contribution in [2.24, 2.45) is 11.8 Å². The molecule has 2 unspecified atom stereocenters. The Kier molecular flexibility index (Phi) is 2.79. The highest BCUT2D eigenvalue weighted by atomic mass is 16.4. The minimum atomic E-state index is -0.0941. The van der Waals surface area contributed by atoms with E-state index < -0.39 is 0 Å². The fourth-order valence-corrected chi connectivity index (χ4v) is 2.77. The number of fused-ring (bicyclic) bond motifs is 1. The summed E-state index contributed by atoms with van der Waals surface area (Å²) < 4.78 is 5.27. The molecular weight excluding hydrogens is 234 g/mol. The predicted octanol–water partition coefficient (Wildman–Crippen LogP) is 0.139. The van der Waals surface area contributed by atoms with E-state index in [0.29, 0.717) is 24.1 Å². The third-order valence-corrected chi connectivity index (χ3v) is 3.69. The van der Waals surface area contributed by atoms with Gasteiger partial charge in [0, 0.05) is 32.2 Å². The third-order valence-electron chi connectivity index (χ3n) is 3.69. The molecule has 18 heavy (non-hydrogen) atoms. The molecule has 2 saturated heterocycles. The van der Waals surface area contributed by atoms with Crippen molar-refractivity contribution in [1.82, 2.24) is 10.2 Å². The van der Waals surface area contributed by atoms with Crippen LogP contribution in [0.4, 0.5) is 5.88 Å². The normalized spacial score (nSPS) is 26.1. The van der Waals surface area contributed by atoms with Crippen molar-refractivity contribution in [1.29, 1.82) is 0 Å². The van der Waals surface area contributed by atoms with Crippen molar-refractivity contribution in [2.45, 2.75) is 0 Å². The molecule has 2 amide bonds. The minimum Gasteiger partial charge on any atom is -0.435 e. The number of nitrogens with zero attached hydrogens (tertiary/aromatic N) is 1. The summed E-state index contributed by atoms with van der Waals surface area (Å²) >= 11 is 0. The zero-order valence-electron chi connectivity index (χ0n) is 9.89. The number of likely N-dealkylation sites (tertiary alicyclic amines) is 1. The molecule has 96 valence electrons. The van der Waals surface area contributed by atoms with E-state index in [0.717, 1.165) is 26.2 Å². The van der Waals surface area contributed by atoms with Crippen molar-refractivity contribution < 1.29 is 14.0 Å². The number of furan rings is 1. The molecule has 1 aromatic heterocycles. The SMILES string of the molecule is O=CNc1ccc(C(=O)N2CC3CNCC3C2)o1. The summed E-state index contributed by atoms with van der Waals surface area (Å²) in [7, 11) is 0. The average molecular weight is 249 g/mol. The second-order valence-corrected chi connectivity index (χ2v) is 4.81. The van der Waals surface area contributed by atoms with Crippen LogP contribution in [0.25, 0.3) is 0 Å². The van der Waals surface area contributed by atoms with E-state index in [-0.39, 0.29) is 11.7 Å². The number of hydrogen-bond donors (Lipinski definition) is 2. The van der Waals surface area contributed by atoms with Crippen molar-refractivity contribution in [3.63, 3.8) is 0 Å². The van der Waals surface area contributed by atoms with Crippen molar-refractivity contribution in [3.8, 4) is 0 Å². The van der Waals surface area contributed by atoms with Gasteiger partial charge in [0.15, 0.2) is 11.6 Å². The molecule has 0 aromatic carbocycles. The lowest BCUT2D eigenvalue weighted by Gasteiger charge is -2.15. The molecule has 6 heteroatoms. The van der Waals surface area contributed by atoms with Crippen molar-refractivity contribution in [2.75, 3.05) is 31.5 Å². The van der Waals surface area contributed by atoms with Gasteiger partial charge in [-0.3, -0.25) is 14.9 Å². The summed E-state index contributed by atoms with van der Waals surface area (Å²) in [5, 5.41) is 5.72. The zero-order chi connectivity index (χ0) is 12.5. The van der Waals surface area contributed by atoms with E-state index in [4.69, 9.17) is 4.42 Å². The molecule has 2 atom stereocenters. The monoisotopic (exact) mass is 249 g/mol. The first-order valence-corrected chi connectivity index (χ1v) is 6.08. The fraction of sp³-hybridized carbons (Fsp3) is 0.500. The Labute approximate surface area is 104 Å². The molecular formula is C12H15N3O3. The van der Waals surface area contributed by atoms with Crippen LogP contribution in [0.1, 0.15) is 10.6 Å². The molecule has 0 saturated carbocycles. The molecule has 2 N–H and O–H groups in total. The van der Waals surface area contributed by atoms with Crippen LogP contribution in [0.2, 0.25) is 0 Å². The van der Waals surface area contributed by atoms with Crippen LogP contribution in [0.15, 0.2) is 16.5 Å². The van der Waals surface area contributed by atoms with Gasteiger partial charge < -0.3 is 14.6 Å². The largest absolute Gasteiger partial charge is 0.435 e. The Bertz CT molecular complexity index is 459. The molecule has 0 bridgehead atoms. The molecule has 3 rings (SSSR count). The fourth-order valence-electron chi connectivity index (χ4n) is 2.77. The molecule has 0 spiro atoms. The summed E-state index contributed by atoms with van der Waals surface area (Å²) in [6.45, 7) is 3.55. The number of carbonyl (C=O) groups is 2. The molecule has 2 aliphatic heterocycles. The van der Waals surface area contributed by atoms with Gasteiger partial charge in [-0.2, -0.15) is 0 Å². The van der Waals surface area contributed by atoms with Crippen LogP contribution < -0.4 is 10.6 Å². The number of carbonyl (C=O) groups excluding carboxylic acids is 2. The first kappa shape index (κ1) is 11.3. The number of hydrogen-bond acceptors (Lipinski definition) is 4. The number of anilines is 1. The highest BCUT2D eigenvalue weighted by molar-refractivity contribution is 5.92. The summed E-state index contributed by atoms with van der Waals surface area (Å²) in [5.41, 5.74) is 0. The van der Waals surface area contributed by atoms with Crippen LogP contribution in [0.5, 0.6) is 0 Å². The molecule has 2 aliphatic rings. The maximum atomic E-state index is 12.2. The van der Waals surface area contributed by atoms with Gasteiger partial charge in [-0.1, -0.05) is 0 Å². The standard InChI is InChI=1S/C12H15N3O3/c16-7-14-11-2-1-10(18-11)12(17)15-5-8-3-13-4-9(8)6-15/h1-2,7-9,13H,3-6H2,(H,14,16). The summed E-state index contributed by atoms with van der Waals surface area (Å²) in [6.07, 6.45) is 0.527. The van der Waals surface area contributed by atoms with Gasteiger partial charge in [-0.15, -0.1) is 0 Å². The van der Waals surface area contributed by atoms with Gasteiger partial charge in [0.2, 0.25) is 6.41 Å². The lowest BCUT2D eigenvalue weighted by molar-refractivity contribution is -0.105. The van der Waals surface area contributed by atoms with Gasteiger partial charge in [0.05, 0.1) is 0 Å². The summed E-state index contributed by atoms with van der Waals surface area (Å²) in [6, 6.07) is 3.18. The number of rotatable bonds is 3. The van der Waals surface area contributed by atoms with Crippen LogP contribution in [0, 0.1) is 11.8 Å². The van der Waals surface area contributed by atoms with Crippen LogP contribution in [-0.4, -0.2) is 43.4 Å². The lowest BCUT2D eigenvalue weighted by Crippen LogP contribution is -2.31. The first-order valence-electron chi connectivity index (χ1n) is 6.08. The Balaban J connectivity index is 1.68. The average Bonchev–Trinajstić information content (AvgIpc) is 3.02. The van der Waals surface area contributed by atoms with Gasteiger partial charge in [0.25, 0.3) is 5.91 Å².